The van der Waals surface area contributed by atoms with E-state index in [0.29, 0.717) is 19.3 Å². The van der Waals surface area contributed by atoms with E-state index in [1.54, 1.807) is 0 Å². The predicted molar refractivity (Wildman–Crippen MR) is 104 cm³/mol. The Morgan fingerprint density at radius 2 is 1.77 bits per heavy atom. The Bertz CT molecular complexity index is 747. The van der Waals surface area contributed by atoms with Crippen LogP contribution in [0, 0.1) is 5.92 Å². The van der Waals surface area contributed by atoms with Gasteiger partial charge in [-0.05, 0) is 56.4 Å². The molecule has 26 heavy (non-hydrogen) atoms. The maximum atomic E-state index is 5.87. The molecule has 1 aliphatic heterocycles. The molecule has 1 aromatic heterocycles. The monoisotopic (exact) mass is 354 g/mol. The van der Waals surface area contributed by atoms with Crippen molar-refractivity contribution in [1.82, 2.24) is 9.88 Å². The summed E-state index contributed by atoms with van der Waals surface area (Å²) in [5, 5.41) is 3.85. The fourth-order valence-electron chi connectivity index (χ4n) is 4.56. The summed E-state index contributed by atoms with van der Waals surface area (Å²) in [6.45, 7) is 6.18. The lowest BCUT2D eigenvalue weighted by molar-refractivity contribution is 0.267. The second-order valence-electron chi connectivity index (χ2n) is 7.35. The van der Waals surface area contributed by atoms with Gasteiger partial charge in [0.1, 0.15) is 0 Å². The number of aromatic nitrogens is 1. The molecule has 0 amide bonds. The molecule has 0 radical (unpaired) electrons. The van der Waals surface area contributed by atoms with Crippen LogP contribution < -0.4 is 14.8 Å². The number of hydrogen-bond donors (Lipinski definition) is 1. The fourth-order valence-corrected chi connectivity index (χ4v) is 4.56. The summed E-state index contributed by atoms with van der Waals surface area (Å²) in [6, 6.07) is 9.17. The van der Waals surface area contributed by atoms with E-state index in [4.69, 9.17) is 9.47 Å². The van der Waals surface area contributed by atoms with E-state index < -0.39 is 0 Å². The van der Waals surface area contributed by atoms with Crippen molar-refractivity contribution in [1.29, 1.82) is 0 Å². The smallest absolute Gasteiger partial charge is 0.163 e. The number of nitrogens with one attached hydrogen (secondary N) is 1. The minimum Gasteiger partial charge on any atom is -0.490 e. The van der Waals surface area contributed by atoms with Gasteiger partial charge < -0.3 is 19.4 Å². The zero-order chi connectivity index (χ0) is 17.9. The van der Waals surface area contributed by atoms with Gasteiger partial charge in [-0.25, -0.2) is 0 Å². The van der Waals surface area contributed by atoms with Crippen LogP contribution in [-0.4, -0.2) is 17.8 Å². The Kier molecular flexibility index (Phi) is 5.21. The van der Waals surface area contributed by atoms with Gasteiger partial charge in [-0.2, -0.15) is 0 Å². The van der Waals surface area contributed by atoms with Gasteiger partial charge in [0.25, 0.3) is 0 Å². The number of ether oxygens (including phenoxy) is 2. The van der Waals surface area contributed by atoms with Crippen molar-refractivity contribution in [3.63, 3.8) is 0 Å². The first kappa shape index (κ1) is 17.5. The summed E-state index contributed by atoms with van der Waals surface area (Å²) in [5.41, 5.74) is 3.86. The molecule has 2 heterocycles. The Hall–Kier alpha value is -1.94. The first-order valence-electron chi connectivity index (χ1n) is 10.1. The van der Waals surface area contributed by atoms with Crippen LogP contribution in [0.1, 0.15) is 63.3 Å². The van der Waals surface area contributed by atoms with Crippen molar-refractivity contribution in [3.8, 4) is 17.2 Å². The van der Waals surface area contributed by atoms with Gasteiger partial charge in [0.05, 0.1) is 24.9 Å². The third-order valence-corrected chi connectivity index (χ3v) is 5.74. The highest BCUT2D eigenvalue weighted by molar-refractivity contribution is 5.56. The van der Waals surface area contributed by atoms with E-state index in [0.717, 1.165) is 24.0 Å². The summed E-state index contributed by atoms with van der Waals surface area (Å²) in [5.74, 6) is 2.41. The minimum absolute atomic E-state index is 0.420. The van der Waals surface area contributed by atoms with E-state index in [9.17, 15) is 0 Å². The molecule has 0 bridgehead atoms. The molecule has 1 aliphatic carbocycles. The third kappa shape index (κ3) is 3.23. The van der Waals surface area contributed by atoms with Crippen LogP contribution in [0.3, 0.4) is 0 Å². The van der Waals surface area contributed by atoms with E-state index in [2.05, 4.69) is 40.3 Å². The molecular formula is C22H30N2O2. The predicted octanol–water partition coefficient (Wildman–Crippen LogP) is 5.00. The number of hydrogen-bond acceptors (Lipinski definition) is 3. The van der Waals surface area contributed by atoms with Crippen molar-refractivity contribution in [2.45, 2.75) is 58.5 Å². The molecule has 1 unspecified atom stereocenters. The highest BCUT2D eigenvalue weighted by Gasteiger charge is 2.30. The maximum Gasteiger partial charge on any atom is 0.163 e. The van der Waals surface area contributed by atoms with Crippen LogP contribution in [-0.2, 0) is 6.54 Å². The first-order valence-corrected chi connectivity index (χ1v) is 10.1. The van der Waals surface area contributed by atoms with Gasteiger partial charge in [-0.1, -0.05) is 19.3 Å². The quantitative estimate of drug-likeness (QED) is 0.821. The molecule has 1 saturated carbocycles. The summed E-state index contributed by atoms with van der Waals surface area (Å²) in [6.07, 6.45) is 8.95. The highest BCUT2D eigenvalue weighted by atomic mass is 16.5. The number of fused-ring (bicyclic) bond motifs is 3. The van der Waals surface area contributed by atoms with Crippen LogP contribution in [0.25, 0.3) is 5.69 Å². The zero-order valence-electron chi connectivity index (χ0n) is 16.0. The average molecular weight is 354 g/mol. The first-order chi connectivity index (χ1) is 12.8. The minimum atomic E-state index is 0.420. The number of rotatable bonds is 5. The number of nitrogens with zero attached hydrogens (tertiary/aromatic N) is 1. The molecule has 1 atom stereocenters. The second-order valence-corrected chi connectivity index (χ2v) is 7.35. The zero-order valence-corrected chi connectivity index (χ0v) is 16.0. The Morgan fingerprint density at radius 1 is 1.04 bits per heavy atom. The standard InChI is InChI=1S/C22H30N2O2/c1-3-25-20-13-17-15-23-22(16-9-6-5-7-10-16)18-11-8-12-24(18)19(17)14-21(20)26-4-2/h8,11-14,16,22-23H,3-7,9-10,15H2,1-2H3. The largest absolute Gasteiger partial charge is 0.490 e. The third-order valence-electron chi connectivity index (χ3n) is 5.74. The lowest BCUT2D eigenvalue weighted by Gasteiger charge is -2.30. The molecule has 0 spiro atoms. The lowest BCUT2D eigenvalue weighted by atomic mass is 9.82. The molecule has 2 aromatic rings. The molecular weight excluding hydrogens is 324 g/mol. The van der Waals surface area contributed by atoms with Crippen molar-refractivity contribution in [3.05, 3.63) is 41.7 Å². The summed E-state index contributed by atoms with van der Waals surface area (Å²) in [7, 11) is 0. The molecule has 0 saturated heterocycles. The Balaban J connectivity index is 1.75. The van der Waals surface area contributed by atoms with E-state index in [-0.39, 0.29) is 0 Å². The van der Waals surface area contributed by atoms with Crippen LogP contribution in [0.5, 0.6) is 11.5 Å². The lowest BCUT2D eigenvalue weighted by Crippen LogP contribution is -2.29. The van der Waals surface area contributed by atoms with Crippen molar-refractivity contribution < 1.29 is 9.47 Å². The van der Waals surface area contributed by atoms with Crippen molar-refractivity contribution in [2.75, 3.05) is 13.2 Å². The van der Waals surface area contributed by atoms with E-state index in [1.165, 1.54) is 49.0 Å². The summed E-state index contributed by atoms with van der Waals surface area (Å²) < 4.78 is 14.1. The average Bonchev–Trinajstić information content (AvgIpc) is 3.09. The highest BCUT2D eigenvalue weighted by Crippen LogP contribution is 2.40. The SMILES string of the molecule is CCOc1cc2c(cc1OCC)-n1cccc1C(C1CCCCC1)NC2. The molecule has 140 valence electrons. The Labute approximate surface area is 156 Å². The van der Waals surface area contributed by atoms with Crippen LogP contribution in [0.15, 0.2) is 30.5 Å². The molecule has 1 N–H and O–H groups in total. The van der Waals surface area contributed by atoms with Gasteiger partial charge in [-0.15, -0.1) is 0 Å². The molecule has 4 rings (SSSR count). The molecule has 1 fully saturated rings. The van der Waals surface area contributed by atoms with Crippen LogP contribution in [0.2, 0.25) is 0 Å². The molecule has 1 aromatic carbocycles. The van der Waals surface area contributed by atoms with Crippen molar-refractivity contribution in [2.24, 2.45) is 5.92 Å². The Morgan fingerprint density at radius 3 is 2.50 bits per heavy atom. The van der Waals surface area contributed by atoms with Crippen molar-refractivity contribution >= 4 is 0 Å². The fraction of sp³-hybridized carbons (Fsp3) is 0.545. The van der Waals surface area contributed by atoms with Crippen LogP contribution >= 0.6 is 0 Å². The number of benzene rings is 1. The van der Waals surface area contributed by atoms with Gasteiger partial charge in [0.15, 0.2) is 11.5 Å². The van der Waals surface area contributed by atoms with Gasteiger partial charge >= 0.3 is 0 Å². The second kappa shape index (κ2) is 7.75. The maximum absolute atomic E-state index is 5.87. The summed E-state index contributed by atoms with van der Waals surface area (Å²) in [4.78, 5) is 0. The normalized spacial score (nSPS) is 20.2. The van der Waals surface area contributed by atoms with E-state index >= 15 is 0 Å². The van der Waals surface area contributed by atoms with Gasteiger partial charge in [0, 0.05) is 24.5 Å². The van der Waals surface area contributed by atoms with E-state index in [1.807, 2.05) is 13.8 Å². The summed E-state index contributed by atoms with van der Waals surface area (Å²) >= 11 is 0. The van der Waals surface area contributed by atoms with Crippen LogP contribution in [0.4, 0.5) is 0 Å². The van der Waals surface area contributed by atoms with Gasteiger partial charge in [0.2, 0.25) is 0 Å². The molecule has 4 nitrogen and oxygen atoms in total. The van der Waals surface area contributed by atoms with Gasteiger partial charge in [-0.3, -0.25) is 0 Å². The topological polar surface area (TPSA) is 35.4 Å². The molecule has 2 aliphatic rings. The molecule has 4 heteroatoms.